The Hall–Kier alpha value is -2.15. The summed E-state index contributed by atoms with van der Waals surface area (Å²) in [6, 6.07) is 7.96. The Balaban J connectivity index is 1.45. The van der Waals surface area contributed by atoms with Crippen molar-refractivity contribution in [1.29, 1.82) is 0 Å². The average molecular weight is 344 g/mol. The molecule has 2 aromatic rings. The summed E-state index contributed by atoms with van der Waals surface area (Å²) < 4.78 is 5.21. The summed E-state index contributed by atoms with van der Waals surface area (Å²) in [7, 11) is 1.66. The summed E-state index contributed by atoms with van der Waals surface area (Å²) >= 11 is 1.50. The molecule has 4 rings (SSSR count). The van der Waals surface area contributed by atoms with Gasteiger partial charge in [-0.1, -0.05) is 23.5 Å². The number of amides is 2. The van der Waals surface area contributed by atoms with E-state index in [4.69, 9.17) is 4.74 Å². The predicted octanol–water partition coefficient (Wildman–Crippen LogP) is 3.79. The molecule has 0 unspecified atom stereocenters. The molecule has 7 heteroatoms. The van der Waals surface area contributed by atoms with Crippen LogP contribution in [0.25, 0.3) is 0 Å². The smallest absolute Gasteiger partial charge is 0.324 e. The van der Waals surface area contributed by atoms with Crippen molar-refractivity contribution in [2.75, 3.05) is 19.0 Å². The van der Waals surface area contributed by atoms with E-state index >= 15 is 0 Å². The molecule has 0 spiro atoms. The number of nitrogens with zero attached hydrogens (tertiary/aromatic N) is 3. The van der Waals surface area contributed by atoms with Crippen LogP contribution in [-0.4, -0.2) is 34.8 Å². The standard InChI is InChI=1S/C17H20N4O2S/c1-23-13-8-6-11(7-9-13)14-3-2-10-21(14)17(22)18-16-20-19-15(24-16)12-4-5-12/h6-9,12,14H,2-5,10H2,1H3,(H,18,20,22)/t14-/m1/s1. The van der Waals surface area contributed by atoms with E-state index in [1.54, 1.807) is 7.11 Å². The number of nitrogens with one attached hydrogen (secondary N) is 1. The minimum absolute atomic E-state index is 0.0909. The molecule has 1 N–H and O–H groups in total. The zero-order valence-corrected chi connectivity index (χ0v) is 14.4. The van der Waals surface area contributed by atoms with Crippen LogP contribution in [-0.2, 0) is 0 Å². The molecule has 1 aromatic heterocycles. The van der Waals surface area contributed by atoms with Crippen LogP contribution in [0.5, 0.6) is 5.75 Å². The van der Waals surface area contributed by atoms with Crippen molar-refractivity contribution in [1.82, 2.24) is 15.1 Å². The Kier molecular flexibility index (Phi) is 4.10. The van der Waals surface area contributed by atoms with Crippen molar-refractivity contribution in [3.8, 4) is 5.75 Å². The molecule has 1 saturated carbocycles. The zero-order chi connectivity index (χ0) is 16.5. The van der Waals surface area contributed by atoms with Crippen LogP contribution in [0.3, 0.4) is 0 Å². The molecule has 2 heterocycles. The summed E-state index contributed by atoms with van der Waals surface area (Å²) in [5.74, 6) is 1.39. The molecule has 6 nitrogen and oxygen atoms in total. The number of aromatic nitrogens is 2. The number of methoxy groups -OCH3 is 1. The molecule has 1 aliphatic carbocycles. The summed E-state index contributed by atoms with van der Waals surface area (Å²) in [5, 5.41) is 12.8. The third kappa shape index (κ3) is 3.08. The van der Waals surface area contributed by atoms with Gasteiger partial charge in [0.2, 0.25) is 5.13 Å². The third-order valence-corrected chi connectivity index (χ3v) is 5.60. The first-order valence-corrected chi connectivity index (χ1v) is 9.11. The van der Waals surface area contributed by atoms with Gasteiger partial charge >= 0.3 is 6.03 Å². The maximum absolute atomic E-state index is 12.6. The molecule has 2 fully saturated rings. The van der Waals surface area contributed by atoms with Crippen LogP contribution in [0.4, 0.5) is 9.93 Å². The number of anilines is 1. The fourth-order valence-corrected chi connectivity index (χ4v) is 4.03. The van der Waals surface area contributed by atoms with Crippen molar-refractivity contribution in [2.24, 2.45) is 0 Å². The Morgan fingerprint density at radius 3 is 2.75 bits per heavy atom. The van der Waals surface area contributed by atoms with Gasteiger partial charge in [-0.3, -0.25) is 5.32 Å². The van der Waals surface area contributed by atoms with Crippen LogP contribution in [0.1, 0.15) is 48.2 Å². The Labute approximate surface area is 144 Å². The largest absolute Gasteiger partial charge is 0.497 e. The summed E-state index contributed by atoms with van der Waals surface area (Å²) in [6.45, 7) is 0.761. The van der Waals surface area contributed by atoms with E-state index < -0.39 is 0 Å². The molecular weight excluding hydrogens is 324 g/mol. The fraction of sp³-hybridized carbons (Fsp3) is 0.471. The molecule has 1 aliphatic heterocycles. The van der Waals surface area contributed by atoms with Gasteiger partial charge in [-0.05, 0) is 43.4 Å². The Morgan fingerprint density at radius 1 is 1.25 bits per heavy atom. The van der Waals surface area contributed by atoms with Crippen LogP contribution in [0.2, 0.25) is 0 Å². The first-order valence-electron chi connectivity index (χ1n) is 8.29. The first kappa shape index (κ1) is 15.4. The average Bonchev–Trinajstić information content (AvgIpc) is 3.16. The van der Waals surface area contributed by atoms with E-state index in [0.717, 1.165) is 35.7 Å². The van der Waals surface area contributed by atoms with Gasteiger partial charge in [-0.15, -0.1) is 10.2 Å². The summed E-state index contributed by atoms with van der Waals surface area (Å²) in [5.41, 5.74) is 1.14. The predicted molar refractivity (Wildman–Crippen MR) is 92.6 cm³/mol. The van der Waals surface area contributed by atoms with Gasteiger partial charge in [0.25, 0.3) is 0 Å². The first-order chi connectivity index (χ1) is 11.7. The summed E-state index contributed by atoms with van der Waals surface area (Å²) in [6.07, 6.45) is 4.36. The molecular formula is C17H20N4O2S. The fourth-order valence-electron chi connectivity index (χ4n) is 3.13. The van der Waals surface area contributed by atoms with Crippen molar-refractivity contribution < 1.29 is 9.53 Å². The van der Waals surface area contributed by atoms with Crippen LogP contribution >= 0.6 is 11.3 Å². The van der Waals surface area contributed by atoms with Gasteiger partial charge in [0.15, 0.2) is 0 Å². The van der Waals surface area contributed by atoms with Gasteiger partial charge in [-0.2, -0.15) is 0 Å². The van der Waals surface area contributed by atoms with Crippen molar-refractivity contribution in [3.05, 3.63) is 34.8 Å². The summed E-state index contributed by atoms with van der Waals surface area (Å²) in [4.78, 5) is 14.5. The molecule has 24 heavy (non-hydrogen) atoms. The van der Waals surface area contributed by atoms with E-state index in [1.807, 2.05) is 29.2 Å². The lowest BCUT2D eigenvalue weighted by molar-refractivity contribution is 0.207. The molecule has 1 saturated heterocycles. The number of hydrogen-bond donors (Lipinski definition) is 1. The molecule has 0 radical (unpaired) electrons. The second kappa shape index (κ2) is 6.39. The van der Waals surface area contributed by atoms with Gasteiger partial charge in [0.05, 0.1) is 13.2 Å². The lowest BCUT2D eigenvalue weighted by Gasteiger charge is -2.24. The maximum atomic E-state index is 12.6. The number of rotatable bonds is 4. The molecule has 2 amide bonds. The molecule has 1 atom stereocenters. The monoisotopic (exact) mass is 344 g/mol. The lowest BCUT2D eigenvalue weighted by atomic mass is 10.0. The van der Waals surface area contributed by atoms with E-state index in [1.165, 1.54) is 24.2 Å². The second-order valence-corrected chi connectivity index (χ2v) is 7.28. The maximum Gasteiger partial charge on any atom is 0.324 e. The van der Waals surface area contributed by atoms with Gasteiger partial charge < -0.3 is 9.64 Å². The Morgan fingerprint density at radius 2 is 2.04 bits per heavy atom. The highest BCUT2D eigenvalue weighted by Crippen LogP contribution is 2.42. The van der Waals surface area contributed by atoms with Crippen LogP contribution in [0.15, 0.2) is 24.3 Å². The van der Waals surface area contributed by atoms with Crippen molar-refractivity contribution in [2.45, 2.75) is 37.6 Å². The molecule has 2 aliphatic rings. The van der Waals surface area contributed by atoms with Crippen LogP contribution in [0, 0.1) is 0 Å². The quantitative estimate of drug-likeness (QED) is 0.916. The van der Waals surface area contributed by atoms with Gasteiger partial charge in [-0.25, -0.2) is 4.79 Å². The SMILES string of the molecule is COc1ccc([C@H]2CCCN2C(=O)Nc2nnc(C3CC3)s2)cc1. The highest BCUT2D eigenvalue weighted by Gasteiger charge is 2.31. The number of likely N-dealkylation sites (tertiary alicyclic amines) is 1. The van der Waals surface area contributed by atoms with Gasteiger partial charge in [0.1, 0.15) is 10.8 Å². The zero-order valence-electron chi connectivity index (χ0n) is 13.6. The minimum Gasteiger partial charge on any atom is -0.497 e. The van der Waals surface area contributed by atoms with E-state index in [-0.39, 0.29) is 12.1 Å². The third-order valence-electron chi connectivity index (χ3n) is 4.60. The topological polar surface area (TPSA) is 67.3 Å². The molecule has 0 bridgehead atoms. The second-order valence-electron chi connectivity index (χ2n) is 6.27. The van der Waals surface area contributed by atoms with Crippen LogP contribution < -0.4 is 10.1 Å². The number of urea groups is 1. The molecule has 1 aromatic carbocycles. The Bertz CT molecular complexity index is 726. The highest BCUT2D eigenvalue weighted by molar-refractivity contribution is 7.15. The highest BCUT2D eigenvalue weighted by atomic mass is 32.1. The number of hydrogen-bond acceptors (Lipinski definition) is 5. The van der Waals surface area contributed by atoms with E-state index in [2.05, 4.69) is 15.5 Å². The molecule has 126 valence electrons. The normalized spacial score (nSPS) is 20.2. The number of carbonyl (C=O) groups is 1. The number of carbonyl (C=O) groups excluding carboxylic acids is 1. The van der Waals surface area contributed by atoms with Crippen molar-refractivity contribution in [3.63, 3.8) is 0 Å². The number of ether oxygens (including phenoxy) is 1. The van der Waals surface area contributed by atoms with E-state index in [0.29, 0.717) is 11.0 Å². The van der Waals surface area contributed by atoms with Gasteiger partial charge in [0, 0.05) is 12.5 Å². The number of benzene rings is 1. The lowest BCUT2D eigenvalue weighted by Crippen LogP contribution is -2.34. The minimum atomic E-state index is -0.0909. The van der Waals surface area contributed by atoms with Crippen molar-refractivity contribution >= 4 is 22.5 Å². The van der Waals surface area contributed by atoms with E-state index in [9.17, 15) is 4.79 Å².